The molecule has 19 heavy (non-hydrogen) atoms. The van der Waals surface area contributed by atoms with Crippen LogP contribution in [0, 0.1) is 11.6 Å². The van der Waals surface area contributed by atoms with Gasteiger partial charge in [0.2, 0.25) is 0 Å². The van der Waals surface area contributed by atoms with Crippen molar-refractivity contribution >= 4 is 15.9 Å². The van der Waals surface area contributed by atoms with Crippen LogP contribution < -0.4 is 5.32 Å². The predicted octanol–water partition coefficient (Wildman–Crippen LogP) is 4.41. The molecule has 1 N–H and O–H groups in total. The van der Waals surface area contributed by atoms with Gasteiger partial charge in [0.25, 0.3) is 0 Å². The van der Waals surface area contributed by atoms with E-state index in [-0.39, 0.29) is 10.5 Å². The Kier molecular flexibility index (Phi) is 4.71. The van der Waals surface area contributed by atoms with E-state index in [9.17, 15) is 8.78 Å². The molecule has 1 heterocycles. The molecular formula is C14H14BrF2NO. The van der Waals surface area contributed by atoms with E-state index in [4.69, 9.17) is 4.42 Å². The van der Waals surface area contributed by atoms with E-state index >= 15 is 0 Å². The van der Waals surface area contributed by atoms with Gasteiger partial charge >= 0.3 is 0 Å². The van der Waals surface area contributed by atoms with Crippen molar-refractivity contribution in [2.75, 3.05) is 6.54 Å². The number of halogens is 3. The van der Waals surface area contributed by atoms with Crippen LogP contribution in [-0.4, -0.2) is 6.54 Å². The third-order valence-corrected chi connectivity index (χ3v) is 3.66. The van der Waals surface area contributed by atoms with Gasteiger partial charge in [-0.1, -0.05) is 13.0 Å². The SMILES string of the molecule is CCCNC(c1ccoc1)c1ccc(F)c(F)c1Br. The van der Waals surface area contributed by atoms with Crippen molar-refractivity contribution in [3.05, 3.63) is 58.0 Å². The van der Waals surface area contributed by atoms with Gasteiger partial charge in [0.05, 0.1) is 23.0 Å². The van der Waals surface area contributed by atoms with E-state index in [0.717, 1.165) is 24.6 Å². The maximum absolute atomic E-state index is 13.6. The average Bonchev–Trinajstić information content (AvgIpc) is 2.92. The molecule has 2 rings (SSSR count). The summed E-state index contributed by atoms with van der Waals surface area (Å²) >= 11 is 3.12. The number of benzene rings is 1. The second kappa shape index (κ2) is 6.30. The Morgan fingerprint density at radius 3 is 2.74 bits per heavy atom. The molecule has 0 radical (unpaired) electrons. The summed E-state index contributed by atoms with van der Waals surface area (Å²) < 4.78 is 32.0. The minimum atomic E-state index is -0.871. The van der Waals surface area contributed by atoms with E-state index in [0.29, 0.717) is 5.56 Å². The zero-order chi connectivity index (χ0) is 13.8. The van der Waals surface area contributed by atoms with E-state index in [2.05, 4.69) is 21.2 Å². The van der Waals surface area contributed by atoms with Gasteiger partial charge < -0.3 is 9.73 Å². The van der Waals surface area contributed by atoms with Crippen LogP contribution in [0.3, 0.4) is 0 Å². The molecule has 5 heteroatoms. The smallest absolute Gasteiger partial charge is 0.173 e. The van der Waals surface area contributed by atoms with Gasteiger partial charge in [0, 0.05) is 5.56 Å². The van der Waals surface area contributed by atoms with Gasteiger partial charge in [-0.25, -0.2) is 8.78 Å². The summed E-state index contributed by atoms with van der Waals surface area (Å²) in [6.45, 7) is 2.81. The molecule has 0 fully saturated rings. The lowest BCUT2D eigenvalue weighted by Gasteiger charge is -2.19. The Balaban J connectivity index is 2.41. The molecule has 2 aromatic rings. The molecule has 0 aliphatic heterocycles. The summed E-state index contributed by atoms with van der Waals surface area (Å²) in [7, 11) is 0. The summed E-state index contributed by atoms with van der Waals surface area (Å²) in [6, 6.07) is 4.28. The highest BCUT2D eigenvalue weighted by atomic mass is 79.9. The van der Waals surface area contributed by atoms with Crippen LogP contribution in [0.1, 0.15) is 30.5 Å². The Morgan fingerprint density at radius 1 is 1.32 bits per heavy atom. The van der Waals surface area contributed by atoms with Crippen LogP contribution in [0.2, 0.25) is 0 Å². The predicted molar refractivity (Wildman–Crippen MR) is 72.9 cm³/mol. The van der Waals surface area contributed by atoms with Gasteiger partial charge in [-0.2, -0.15) is 0 Å². The fraction of sp³-hybridized carbons (Fsp3) is 0.286. The standard InChI is InChI=1S/C14H14BrF2NO/c1-2-6-18-14(9-5-7-19-8-9)10-3-4-11(16)13(17)12(10)15/h3-5,7-8,14,18H,2,6H2,1H3. The van der Waals surface area contributed by atoms with Crippen molar-refractivity contribution in [3.8, 4) is 0 Å². The highest BCUT2D eigenvalue weighted by molar-refractivity contribution is 9.10. The summed E-state index contributed by atoms with van der Waals surface area (Å²) in [5.74, 6) is -1.73. The second-order valence-corrected chi connectivity index (χ2v) is 5.00. The first kappa shape index (κ1) is 14.2. The minimum Gasteiger partial charge on any atom is -0.472 e. The van der Waals surface area contributed by atoms with Crippen molar-refractivity contribution in [1.29, 1.82) is 0 Å². The third kappa shape index (κ3) is 3.04. The zero-order valence-electron chi connectivity index (χ0n) is 10.4. The largest absolute Gasteiger partial charge is 0.472 e. The normalized spacial score (nSPS) is 12.6. The van der Waals surface area contributed by atoms with Gasteiger partial charge in [0.15, 0.2) is 11.6 Å². The summed E-state index contributed by atoms with van der Waals surface area (Å²) in [4.78, 5) is 0. The lowest BCUT2D eigenvalue weighted by Crippen LogP contribution is -2.23. The van der Waals surface area contributed by atoms with Gasteiger partial charge in [-0.3, -0.25) is 0 Å². The highest BCUT2D eigenvalue weighted by Crippen LogP contribution is 2.31. The molecule has 1 atom stereocenters. The Hall–Kier alpha value is -1.20. The molecular weight excluding hydrogens is 316 g/mol. The van der Waals surface area contributed by atoms with Crippen molar-refractivity contribution < 1.29 is 13.2 Å². The summed E-state index contributed by atoms with van der Waals surface area (Å²) in [5.41, 5.74) is 1.52. The number of furan rings is 1. The van der Waals surface area contributed by atoms with Crippen LogP contribution >= 0.6 is 15.9 Å². The zero-order valence-corrected chi connectivity index (χ0v) is 12.0. The molecule has 2 nitrogen and oxygen atoms in total. The maximum atomic E-state index is 13.6. The third-order valence-electron chi connectivity index (χ3n) is 2.85. The molecule has 0 amide bonds. The molecule has 102 valence electrons. The maximum Gasteiger partial charge on any atom is 0.173 e. The highest BCUT2D eigenvalue weighted by Gasteiger charge is 2.20. The van der Waals surface area contributed by atoms with E-state index in [1.807, 2.05) is 6.92 Å². The average molecular weight is 330 g/mol. The Bertz CT molecular complexity index is 543. The quantitative estimate of drug-likeness (QED) is 0.822. The first-order valence-electron chi connectivity index (χ1n) is 6.04. The fourth-order valence-corrected chi connectivity index (χ4v) is 2.45. The molecule has 0 saturated carbocycles. The van der Waals surface area contributed by atoms with Crippen LogP contribution in [0.25, 0.3) is 0 Å². The summed E-state index contributed by atoms with van der Waals surface area (Å²) in [5, 5.41) is 3.30. The monoisotopic (exact) mass is 329 g/mol. The van der Waals surface area contributed by atoms with Gasteiger partial charge in [0.1, 0.15) is 0 Å². The molecule has 1 unspecified atom stereocenters. The molecule has 0 aliphatic carbocycles. The molecule has 0 bridgehead atoms. The van der Waals surface area contributed by atoms with Gasteiger partial charge in [-0.05, 0) is 46.6 Å². The van der Waals surface area contributed by atoms with Crippen LogP contribution in [0.15, 0.2) is 39.6 Å². The van der Waals surface area contributed by atoms with Crippen LogP contribution in [-0.2, 0) is 0 Å². The van der Waals surface area contributed by atoms with Crippen LogP contribution in [0.5, 0.6) is 0 Å². The van der Waals surface area contributed by atoms with Crippen molar-refractivity contribution in [1.82, 2.24) is 5.32 Å². The molecule has 0 spiro atoms. The van der Waals surface area contributed by atoms with Gasteiger partial charge in [-0.15, -0.1) is 0 Å². The molecule has 0 saturated heterocycles. The number of hydrogen-bond donors (Lipinski definition) is 1. The topological polar surface area (TPSA) is 25.2 Å². The number of hydrogen-bond acceptors (Lipinski definition) is 2. The number of nitrogens with one attached hydrogen (secondary N) is 1. The summed E-state index contributed by atoms with van der Waals surface area (Å²) in [6.07, 6.45) is 4.10. The van der Waals surface area contributed by atoms with Crippen molar-refractivity contribution in [2.45, 2.75) is 19.4 Å². The van der Waals surface area contributed by atoms with E-state index < -0.39 is 11.6 Å². The number of rotatable bonds is 5. The molecule has 1 aromatic carbocycles. The molecule has 0 aliphatic rings. The first-order chi connectivity index (χ1) is 9.15. The minimum absolute atomic E-state index is 0.141. The fourth-order valence-electron chi connectivity index (χ4n) is 1.90. The molecule has 1 aromatic heterocycles. The van der Waals surface area contributed by atoms with Crippen molar-refractivity contribution in [3.63, 3.8) is 0 Å². The lowest BCUT2D eigenvalue weighted by atomic mass is 10.0. The van der Waals surface area contributed by atoms with Crippen molar-refractivity contribution in [2.24, 2.45) is 0 Å². The first-order valence-corrected chi connectivity index (χ1v) is 6.83. The lowest BCUT2D eigenvalue weighted by molar-refractivity contribution is 0.496. The second-order valence-electron chi connectivity index (χ2n) is 4.21. The Morgan fingerprint density at radius 2 is 2.11 bits per heavy atom. The Labute approximate surface area is 118 Å². The van der Waals surface area contributed by atoms with E-state index in [1.165, 1.54) is 0 Å². The van der Waals surface area contributed by atoms with E-state index in [1.54, 1.807) is 24.7 Å². The van der Waals surface area contributed by atoms with Crippen LogP contribution in [0.4, 0.5) is 8.78 Å².